The minimum absolute atomic E-state index is 0.0850. The van der Waals surface area contributed by atoms with Gasteiger partial charge in [-0.15, -0.1) is 0 Å². The predicted octanol–water partition coefficient (Wildman–Crippen LogP) is 1.86. The number of sulfonamides is 1. The molecule has 1 aliphatic heterocycles. The summed E-state index contributed by atoms with van der Waals surface area (Å²) in [6.07, 6.45) is -0.0850. The Morgan fingerprint density at radius 3 is 2.42 bits per heavy atom. The predicted molar refractivity (Wildman–Crippen MR) is 97.0 cm³/mol. The van der Waals surface area contributed by atoms with Gasteiger partial charge in [0.2, 0.25) is 15.9 Å². The summed E-state index contributed by atoms with van der Waals surface area (Å²) in [6.45, 7) is 6.16. The molecule has 0 aliphatic carbocycles. The first kappa shape index (κ1) is 19.2. The largest absolute Gasteiger partial charge is 0.325 e. The highest BCUT2D eigenvalue weighted by atomic mass is 35.5. The summed E-state index contributed by atoms with van der Waals surface area (Å²) in [4.78, 5) is 14.2. The van der Waals surface area contributed by atoms with E-state index in [1.54, 1.807) is 6.07 Å². The first-order chi connectivity index (χ1) is 11.2. The number of nitrogens with one attached hydrogen (secondary N) is 1. The monoisotopic (exact) mass is 373 g/mol. The number of hydrogen-bond donors (Lipinski definition) is 1. The standard InChI is InChI=1S/C16H24ClN3O3S/c1-12-10-13(2)16(14(17)11-12)18-15(21)4-9-24(22,23)20-7-5-19(3)6-8-20/h10-11H,4-9H2,1-3H3,(H,18,21). The molecule has 6 nitrogen and oxygen atoms in total. The summed E-state index contributed by atoms with van der Waals surface area (Å²) >= 11 is 6.16. The number of carbonyl (C=O) groups is 1. The number of nitrogens with zero attached hydrogens (tertiary/aromatic N) is 2. The third-order valence-electron chi connectivity index (χ3n) is 4.14. The lowest BCUT2D eigenvalue weighted by Crippen LogP contribution is -2.48. The normalized spacial score (nSPS) is 17.0. The number of carbonyl (C=O) groups excluding carboxylic acids is 1. The van der Waals surface area contributed by atoms with Gasteiger partial charge < -0.3 is 10.2 Å². The van der Waals surface area contributed by atoms with E-state index in [4.69, 9.17) is 11.6 Å². The van der Waals surface area contributed by atoms with Crippen LogP contribution in [0.5, 0.6) is 0 Å². The maximum atomic E-state index is 12.3. The van der Waals surface area contributed by atoms with Crippen LogP contribution in [0.15, 0.2) is 12.1 Å². The van der Waals surface area contributed by atoms with E-state index in [2.05, 4.69) is 10.2 Å². The second-order valence-corrected chi connectivity index (χ2v) is 8.75. The van der Waals surface area contributed by atoms with Crippen molar-refractivity contribution in [2.75, 3.05) is 44.3 Å². The van der Waals surface area contributed by atoms with Gasteiger partial charge in [0.15, 0.2) is 0 Å². The van der Waals surface area contributed by atoms with Crippen molar-refractivity contribution in [1.82, 2.24) is 9.21 Å². The molecule has 0 unspecified atom stereocenters. The van der Waals surface area contributed by atoms with E-state index in [1.165, 1.54) is 4.31 Å². The first-order valence-electron chi connectivity index (χ1n) is 7.92. The molecule has 1 amide bonds. The maximum absolute atomic E-state index is 12.3. The lowest BCUT2D eigenvalue weighted by atomic mass is 10.1. The van der Waals surface area contributed by atoms with Gasteiger partial charge in [0.25, 0.3) is 0 Å². The zero-order valence-electron chi connectivity index (χ0n) is 14.3. The molecule has 1 N–H and O–H groups in total. The molecule has 1 aromatic rings. The highest BCUT2D eigenvalue weighted by molar-refractivity contribution is 7.89. The number of rotatable bonds is 5. The molecule has 8 heteroatoms. The summed E-state index contributed by atoms with van der Waals surface area (Å²) in [7, 11) is -1.44. The van der Waals surface area contributed by atoms with Crippen LogP contribution >= 0.6 is 11.6 Å². The van der Waals surface area contributed by atoms with Crippen LogP contribution in [0.25, 0.3) is 0 Å². The second-order valence-electron chi connectivity index (χ2n) is 6.26. The number of benzene rings is 1. The van der Waals surface area contributed by atoms with Crippen LogP contribution in [-0.4, -0.2) is 62.5 Å². The fourth-order valence-electron chi connectivity index (χ4n) is 2.69. The second kappa shape index (κ2) is 7.82. The van der Waals surface area contributed by atoms with Crippen molar-refractivity contribution in [2.24, 2.45) is 0 Å². The van der Waals surface area contributed by atoms with Gasteiger partial charge in [-0.2, -0.15) is 4.31 Å². The maximum Gasteiger partial charge on any atom is 0.225 e. The van der Waals surface area contributed by atoms with Gasteiger partial charge in [-0.3, -0.25) is 4.79 Å². The van der Waals surface area contributed by atoms with Crippen molar-refractivity contribution in [3.63, 3.8) is 0 Å². The average Bonchev–Trinajstić information content (AvgIpc) is 2.49. The quantitative estimate of drug-likeness (QED) is 0.855. The van der Waals surface area contributed by atoms with Crippen molar-refractivity contribution < 1.29 is 13.2 Å². The molecule has 0 bridgehead atoms. The van der Waals surface area contributed by atoms with E-state index in [9.17, 15) is 13.2 Å². The van der Waals surface area contributed by atoms with Gasteiger partial charge in [-0.05, 0) is 38.1 Å². The number of likely N-dealkylation sites (N-methyl/N-ethyl adjacent to an activating group) is 1. The van der Waals surface area contributed by atoms with Crippen LogP contribution in [-0.2, 0) is 14.8 Å². The van der Waals surface area contributed by atoms with Crippen molar-refractivity contribution in [2.45, 2.75) is 20.3 Å². The molecule has 0 radical (unpaired) electrons. The van der Waals surface area contributed by atoms with Crippen LogP contribution in [0.3, 0.4) is 0 Å². The molecule has 0 spiro atoms. The number of amides is 1. The minimum Gasteiger partial charge on any atom is -0.325 e. The number of aryl methyl sites for hydroxylation is 2. The van der Waals surface area contributed by atoms with Gasteiger partial charge in [-0.1, -0.05) is 17.7 Å². The molecule has 1 aromatic carbocycles. The van der Waals surface area contributed by atoms with E-state index in [1.807, 2.05) is 27.0 Å². The Bertz CT molecular complexity index is 690. The average molecular weight is 374 g/mol. The summed E-state index contributed by atoms with van der Waals surface area (Å²) in [6, 6.07) is 3.69. The Kier molecular flexibility index (Phi) is 6.25. The molecular weight excluding hydrogens is 350 g/mol. The Hall–Kier alpha value is -1.15. The van der Waals surface area contributed by atoms with Crippen LogP contribution in [0, 0.1) is 13.8 Å². The van der Waals surface area contributed by atoms with E-state index in [0.717, 1.165) is 11.1 Å². The first-order valence-corrected chi connectivity index (χ1v) is 9.91. The van der Waals surface area contributed by atoms with Crippen LogP contribution in [0.4, 0.5) is 5.69 Å². The Balaban J connectivity index is 1.94. The smallest absolute Gasteiger partial charge is 0.225 e. The van der Waals surface area contributed by atoms with Crippen molar-refractivity contribution in [3.05, 3.63) is 28.3 Å². The lowest BCUT2D eigenvalue weighted by molar-refractivity contribution is -0.115. The topological polar surface area (TPSA) is 69.7 Å². The number of halogens is 1. The molecule has 1 heterocycles. The molecule has 134 valence electrons. The highest BCUT2D eigenvalue weighted by Crippen LogP contribution is 2.27. The molecule has 0 saturated carbocycles. The molecule has 0 aromatic heterocycles. The molecule has 1 aliphatic rings. The van der Waals surface area contributed by atoms with E-state index in [-0.39, 0.29) is 18.1 Å². The SMILES string of the molecule is Cc1cc(C)c(NC(=O)CCS(=O)(=O)N2CCN(C)CC2)c(Cl)c1. The zero-order valence-corrected chi connectivity index (χ0v) is 15.9. The molecule has 2 rings (SSSR count). The summed E-state index contributed by atoms with van der Waals surface area (Å²) < 4.78 is 26.1. The Morgan fingerprint density at radius 1 is 1.21 bits per heavy atom. The van der Waals surface area contributed by atoms with E-state index >= 15 is 0 Å². The lowest BCUT2D eigenvalue weighted by Gasteiger charge is -2.31. The Morgan fingerprint density at radius 2 is 1.83 bits per heavy atom. The molecule has 24 heavy (non-hydrogen) atoms. The summed E-state index contributed by atoms with van der Waals surface area (Å²) in [5, 5.41) is 3.19. The van der Waals surface area contributed by atoms with Gasteiger partial charge in [0.05, 0.1) is 16.5 Å². The van der Waals surface area contributed by atoms with Crippen molar-refractivity contribution >= 4 is 33.2 Å². The molecule has 0 atom stereocenters. The zero-order chi connectivity index (χ0) is 17.9. The third kappa shape index (κ3) is 4.92. The van der Waals surface area contributed by atoms with E-state index < -0.39 is 10.0 Å². The summed E-state index contributed by atoms with van der Waals surface area (Å²) in [5.74, 6) is -0.535. The molecule has 1 saturated heterocycles. The minimum atomic E-state index is -3.41. The third-order valence-corrected chi connectivity index (χ3v) is 6.31. The van der Waals surface area contributed by atoms with Crippen molar-refractivity contribution in [3.8, 4) is 0 Å². The number of piperazine rings is 1. The van der Waals surface area contributed by atoms with E-state index in [0.29, 0.717) is 36.9 Å². The molecular formula is C16H24ClN3O3S. The van der Waals surface area contributed by atoms with Gasteiger partial charge in [0, 0.05) is 32.6 Å². The van der Waals surface area contributed by atoms with Gasteiger partial charge >= 0.3 is 0 Å². The van der Waals surface area contributed by atoms with Crippen molar-refractivity contribution in [1.29, 1.82) is 0 Å². The Labute approximate surface area is 148 Å². The van der Waals surface area contributed by atoms with Gasteiger partial charge in [-0.25, -0.2) is 8.42 Å². The van der Waals surface area contributed by atoms with Crippen LogP contribution in [0.2, 0.25) is 5.02 Å². The van der Waals surface area contributed by atoms with Crippen LogP contribution in [0.1, 0.15) is 17.5 Å². The number of hydrogen-bond acceptors (Lipinski definition) is 4. The fourth-order valence-corrected chi connectivity index (χ4v) is 4.48. The molecule has 1 fully saturated rings. The number of anilines is 1. The van der Waals surface area contributed by atoms with Crippen LogP contribution < -0.4 is 5.32 Å². The van der Waals surface area contributed by atoms with Gasteiger partial charge in [0.1, 0.15) is 0 Å². The fraction of sp³-hybridized carbons (Fsp3) is 0.562. The highest BCUT2D eigenvalue weighted by Gasteiger charge is 2.26. The summed E-state index contributed by atoms with van der Waals surface area (Å²) in [5.41, 5.74) is 2.41.